The summed E-state index contributed by atoms with van der Waals surface area (Å²) in [6.45, 7) is 6.15. The molecular weight excluding hydrogens is 304 g/mol. The second-order valence-corrected chi connectivity index (χ2v) is 5.49. The van der Waals surface area contributed by atoms with Gasteiger partial charge in [-0.25, -0.2) is 0 Å². The number of nitrogens with one attached hydrogen (secondary N) is 3. The second-order valence-electron chi connectivity index (χ2n) is 5.49. The number of carboxylic acid groups (broad SMARTS) is 1. The van der Waals surface area contributed by atoms with Gasteiger partial charge in [0.15, 0.2) is 0 Å². The number of hydrogen-bond acceptors (Lipinski definition) is 5. The Kier molecular flexibility index (Phi) is 8.86. The van der Waals surface area contributed by atoms with Gasteiger partial charge in [0.05, 0.1) is 12.6 Å². The first-order valence-corrected chi connectivity index (χ1v) is 7.45. The second kappa shape index (κ2) is 9.78. The third-order valence-electron chi connectivity index (χ3n) is 3.48. The largest absolute Gasteiger partial charge is 0.480 e. The number of carbonyl (C=O) groups excluding carboxylic acids is 3. The first kappa shape index (κ1) is 20.8. The van der Waals surface area contributed by atoms with Crippen molar-refractivity contribution in [2.45, 2.75) is 52.2 Å². The van der Waals surface area contributed by atoms with E-state index in [1.807, 2.05) is 13.8 Å². The van der Waals surface area contributed by atoms with Crippen molar-refractivity contribution in [2.75, 3.05) is 6.54 Å². The molecule has 0 saturated carbocycles. The molecule has 23 heavy (non-hydrogen) atoms. The summed E-state index contributed by atoms with van der Waals surface area (Å²) in [5, 5.41) is 15.7. The molecule has 0 fully saturated rings. The van der Waals surface area contributed by atoms with Crippen LogP contribution in [0.3, 0.4) is 0 Å². The molecule has 0 aliphatic carbocycles. The SMILES string of the molecule is CCC(C)C(N)C(=O)NCC(=O)NC(C)C(=O)NC(C)C(=O)O. The zero-order valence-corrected chi connectivity index (χ0v) is 13.9. The molecular formula is C14H26N4O5. The van der Waals surface area contributed by atoms with Crippen LogP contribution in [-0.2, 0) is 19.2 Å². The predicted molar refractivity (Wildman–Crippen MR) is 83.3 cm³/mol. The lowest BCUT2D eigenvalue weighted by atomic mass is 9.99. The van der Waals surface area contributed by atoms with E-state index in [2.05, 4.69) is 16.0 Å². The van der Waals surface area contributed by atoms with Crippen LogP contribution in [0.1, 0.15) is 34.1 Å². The van der Waals surface area contributed by atoms with E-state index < -0.39 is 41.8 Å². The van der Waals surface area contributed by atoms with E-state index in [0.29, 0.717) is 0 Å². The quantitative estimate of drug-likeness (QED) is 0.350. The van der Waals surface area contributed by atoms with E-state index in [1.165, 1.54) is 13.8 Å². The normalized spacial score (nSPS) is 15.7. The third-order valence-corrected chi connectivity index (χ3v) is 3.48. The van der Waals surface area contributed by atoms with E-state index in [9.17, 15) is 19.2 Å². The van der Waals surface area contributed by atoms with Crippen molar-refractivity contribution < 1.29 is 24.3 Å². The minimum absolute atomic E-state index is 0.0136. The van der Waals surface area contributed by atoms with Gasteiger partial charge in [-0.15, -0.1) is 0 Å². The van der Waals surface area contributed by atoms with Crippen LogP contribution in [0.25, 0.3) is 0 Å². The summed E-state index contributed by atoms with van der Waals surface area (Å²) in [4.78, 5) is 45.7. The molecule has 0 aliphatic rings. The Bertz CT molecular complexity index is 454. The maximum absolute atomic E-state index is 11.7. The highest BCUT2D eigenvalue weighted by Crippen LogP contribution is 2.04. The van der Waals surface area contributed by atoms with Gasteiger partial charge in [-0.05, 0) is 19.8 Å². The lowest BCUT2D eigenvalue weighted by molar-refractivity contribution is -0.141. The van der Waals surface area contributed by atoms with Gasteiger partial charge in [0.2, 0.25) is 17.7 Å². The molecule has 0 aromatic rings. The van der Waals surface area contributed by atoms with Gasteiger partial charge in [-0.2, -0.15) is 0 Å². The molecule has 6 N–H and O–H groups in total. The van der Waals surface area contributed by atoms with Crippen molar-refractivity contribution in [1.29, 1.82) is 0 Å². The van der Waals surface area contributed by atoms with Gasteiger partial charge < -0.3 is 26.8 Å². The van der Waals surface area contributed by atoms with E-state index >= 15 is 0 Å². The van der Waals surface area contributed by atoms with Crippen LogP contribution in [0.5, 0.6) is 0 Å². The lowest BCUT2D eigenvalue weighted by Gasteiger charge is -2.19. The molecule has 0 spiro atoms. The fourth-order valence-electron chi connectivity index (χ4n) is 1.56. The topological polar surface area (TPSA) is 151 Å². The Morgan fingerprint density at radius 1 is 1.00 bits per heavy atom. The van der Waals surface area contributed by atoms with E-state index in [0.717, 1.165) is 6.42 Å². The molecule has 0 radical (unpaired) electrons. The van der Waals surface area contributed by atoms with Crippen molar-refractivity contribution in [3.8, 4) is 0 Å². The maximum Gasteiger partial charge on any atom is 0.325 e. The third kappa shape index (κ3) is 7.59. The number of hydrogen-bond donors (Lipinski definition) is 5. The molecule has 4 unspecified atom stereocenters. The molecule has 0 heterocycles. The Labute approximate surface area is 135 Å². The van der Waals surface area contributed by atoms with E-state index in [1.54, 1.807) is 0 Å². The smallest absolute Gasteiger partial charge is 0.325 e. The Morgan fingerprint density at radius 3 is 2.04 bits per heavy atom. The van der Waals surface area contributed by atoms with Crippen molar-refractivity contribution in [1.82, 2.24) is 16.0 Å². The summed E-state index contributed by atoms with van der Waals surface area (Å²) in [6.07, 6.45) is 0.736. The number of nitrogens with two attached hydrogens (primary N) is 1. The monoisotopic (exact) mass is 330 g/mol. The molecule has 9 heteroatoms. The van der Waals surface area contributed by atoms with Crippen LogP contribution in [0, 0.1) is 5.92 Å². The fourth-order valence-corrected chi connectivity index (χ4v) is 1.56. The molecule has 3 amide bonds. The van der Waals surface area contributed by atoms with Gasteiger partial charge in [0.1, 0.15) is 12.1 Å². The molecule has 0 rings (SSSR count). The summed E-state index contributed by atoms with van der Waals surface area (Å²) in [7, 11) is 0. The zero-order chi connectivity index (χ0) is 18.2. The summed E-state index contributed by atoms with van der Waals surface area (Å²) in [5.74, 6) is -2.83. The average molecular weight is 330 g/mol. The van der Waals surface area contributed by atoms with Crippen molar-refractivity contribution in [2.24, 2.45) is 11.7 Å². The predicted octanol–water partition coefficient (Wildman–Crippen LogP) is -1.43. The van der Waals surface area contributed by atoms with Crippen molar-refractivity contribution in [3.05, 3.63) is 0 Å². The molecule has 0 saturated heterocycles. The van der Waals surface area contributed by atoms with Crippen LogP contribution < -0.4 is 21.7 Å². The zero-order valence-electron chi connectivity index (χ0n) is 13.9. The molecule has 9 nitrogen and oxygen atoms in total. The van der Waals surface area contributed by atoms with Crippen molar-refractivity contribution in [3.63, 3.8) is 0 Å². The molecule has 0 aliphatic heterocycles. The Balaban J connectivity index is 4.26. The van der Waals surface area contributed by atoms with Crippen LogP contribution in [0.15, 0.2) is 0 Å². The van der Waals surface area contributed by atoms with Gasteiger partial charge in [0, 0.05) is 0 Å². The van der Waals surface area contributed by atoms with Crippen LogP contribution >= 0.6 is 0 Å². The molecule has 0 bridgehead atoms. The molecule has 0 aromatic heterocycles. The van der Waals surface area contributed by atoms with Gasteiger partial charge in [0.25, 0.3) is 0 Å². The lowest BCUT2D eigenvalue weighted by Crippen LogP contribution is -2.52. The van der Waals surface area contributed by atoms with Crippen molar-refractivity contribution >= 4 is 23.7 Å². The maximum atomic E-state index is 11.7. The highest BCUT2D eigenvalue weighted by Gasteiger charge is 2.22. The summed E-state index contributed by atoms with van der Waals surface area (Å²) in [5.41, 5.74) is 5.73. The number of aliphatic carboxylic acids is 1. The minimum Gasteiger partial charge on any atom is -0.480 e. The number of carboxylic acids is 1. The van der Waals surface area contributed by atoms with Gasteiger partial charge in [-0.1, -0.05) is 20.3 Å². The number of amides is 3. The van der Waals surface area contributed by atoms with Crippen LogP contribution in [-0.4, -0.2) is 53.5 Å². The minimum atomic E-state index is -1.18. The van der Waals surface area contributed by atoms with Crippen LogP contribution in [0.4, 0.5) is 0 Å². The molecule has 4 atom stereocenters. The van der Waals surface area contributed by atoms with Crippen LogP contribution in [0.2, 0.25) is 0 Å². The van der Waals surface area contributed by atoms with E-state index in [4.69, 9.17) is 10.8 Å². The average Bonchev–Trinajstić information content (AvgIpc) is 2.50. The Morgan fingerprint density at radius 2 is 1.57 bits per heavy atom. The molecule has 0 aromatic carbocycles. The summed E-state index contributed by atoms with van der Waals surface area (Å²) >= 11 is 0. The Hall–Kier alpha value is -2.16. The standard InChI is InChI=1S/C14H26N4O5/c1-5-7(2)11(15)13(21)16-6-10(19)17-8(3)12(20)18-9(4)14(22)23/h7-9,11H,5-6,15H2,1-4H3,(H,16,21)(H,17,19)(H,18,20)(H,22,23). The summed E-state index contributed by atoms with van der Waals surface area (Å²) in [6, 6.07) is -2.69. The fraction of sp³-hybridized carbons (Fsp3) is 0.714. The molecule has 132 valence electrons. The number of carbonyl (C=O) groups is 4. The number of rotatable bonds is 9. The van der Waals surface area contributed by atoms with Gasteiger partial charge >= 0.3 is 5.97 Å². The highest BCUT2D eigenvalue weighted by molar-refractivity contribution is 5.92. The summed E-state index contributed by atoms with van der Waals surface area (Å²) < 4.78 is 0. The van der Waals surface area contributed by atoms with E-state index in [-0.39, 0.29) is 12.5 Å². The van der Waals surface area contributed by atoms with Gasteiger partial charge in [-0.3, -0.25) is 19.2 Å². The highest BCUT2D eigenvalue weighted by atomic mass is 16.4. The first-order valence-electron chi connectivity index (χ1n) is 7.45. The first-order chi connectivity index (χ1) is 10.6.